The number of methoxy groups -OCH3 is 1. The first-order chi connectivity index (χ1) is 18.9. The van der Waals surface area contributed by atoms with Gasteiger partial charge in [-0.3, -0.25) is 9.59 Å². The van der Waals surface area contributed by atoms with Gasteiger partial charge in [0.1, 0.15) is 0 Å². The van der Waals surface area contributed by atoms with Crippen LogP contribution in [0.4, 0.5) is 0 Å². The van der Waals surface area contributed by atoms with Crippen LogP contribution in [-0.2, 0) is 9.47 Å². The largest absolute Gasteiger partial charge is 0.465 e. The maximum Gasteiger partial charge on any atom is 0.338 e. The van der Waals surface area contributed by atoms with Gasteiger partial charge in [0.05, 0.1) is 30.2 Å². The van der Waals surface area contributed by atoms with E-state index < -0.39 is 11.9 Å². The van der Waals surface area contributed by atoms with Crippen molar-refractivity contribution in [2.45, 2.75) is 6.92 Å². The summed E-state index contributed by atoms with van der Waals surface area (Å²) in [5.41, 5.74) is 0.580. The third kappa shape index (κ3) is 5.04. The van der Waals surface area contributed by atoms with Crippen molar-refractivity contribution < 1.29 is 19.1 Å². The number of carbonyl (C=O) groups is 2. The molecule has 4 aromatic carbocycles. The first-order valence-corrected chi connectivity index (χ1v) is 13.7. The highest BCUT2D eigenvalue weighted by Crippen LogP contribution is 2.27. The summed E-state index contributed by atoms with van der Waals surface area (Å²) in [5, 5.41) is 2.33. The smallest absolute Gasteiger partial charge is 0.338 e. The van der Waals surface area contributed by atoms with Gasteiger partial charge in [-0.2, -0.15) is 0 Å². The Hall–Kier alpha value is -4.40. The summed E-state index contributed by atoms with van der Waals surface area (Å²) in [6, 6.07) is 25.3. The highest BCUT2D eigenvalue weighted by molar-refractivity contribution is 7.25. The molecule has 0 N–H and O–H groups in total. The zero-order valence-electron chi connectivity index (χ0n) is 21.1. The molecular formula is C31H22O6S2. The molecule has 0 fully saturated rings. The molecule has 2 heterocycles. The number of fused-ring (bicyclic) bond motifs is 4. The molecule has 39 heavy (non-hydrogen) atoms. The van der Waals surface area contributed by atoms with Gasteiger partial charge < -0.3 is 9.47 Å². The van der Waals surface area contributed by atoms with Crippen LogP contribution < -0.4 is 10.9 Å². The summed E-state index contributed by atoms with van der Waals surface area (Å²) in [4.78, 5) is 48.5. The molecule has 0 unspecified atom stereocenters. The molecule has 0 amide bonds. The van der Waals surface area contributed by atoms with Crippen molar-refractivity contribution in [2.75, 3.05) is 13.7 Å². The summed E-state index contributed by atoms with van der Waals surface area (Å²) in [6.07, 6.45) is 0. The fraction of sp³-hybridized carbons (Fsp3) is 0.0968. The van der Waals surface area contributed by atoms with E-state index in [1.165, 1.54) is 18.4 Å². The van der Waals surface area contributed by atoms with Crippen LogP contribution in [0, 0.1) is 0 Å². The van der Waals surface area contributed by atoms with Crippen LogP contribution >= 0.6 is 22.7 Å². The minimum absolute atomic E-state index is 0.0412. The molecular weight excluding hydrogens is 532 g/mol. The van der Waals surface area contributed by atoms with Gasteiger partial charge >= 0.3 is 11.9 Å². The molecule has 8 heteroatoms. The van der Waals surface area contributed by atoms with E-state index in [1.54, 1.807) is 54.7 Å². The van der Waals surface area contributed by atoms with Crippen LogP contribution in [0.15, 0.2) is 94.5 Å². The molecule has 0 radical (unpaired) electrons. The quantitative estimate of drug-likeness (QED) is 0.177. The van der Waals surface area contributed by atoms with E-state index in [1.807, 2.05) is 48.5 Å². The van der Waals surface area contributed by atoms with Crippen molar-refractivity contribution in [1.82, 2.24) is 0 Å². The van der Waals surface area contributed by atoms with E-state index in [0.717, 1.165) is 18.8 Å². The summed E-state index contributed by atoms with van der Waals surface area (Å²) in [7, 11) is 1.32. The van der Waals surface area contributed by atoms with Gasteiger partial charge in [0, 0.05) is 35.0 Å². The van der Waals surface area contributed by atoms with Crippen LogP contribution in [-0.4, -0.2) is 25.7 Å². The number of benzene rings is 4. The van der Waals surface area contributed by atoms with Gasteiger partial charge in [0.25, 0.3) is 0 Å². The molecule has 0 aliphatic rings. The van der Waals surface area contributed by atoms with Crippen LogP contribution in [0.1, 0.15) is 27.6 Å². The SMILES string of the molecule is CCOC(=O)c1ccc2sc3ccccc3c(=O)c2c1.COC(=O)c1cccc2sc3ccccc3c(=O)c12. The Morgan fingerprint density at radius 2 is 1.26 bits per heavy atom. The van der Waals surface area contributed by atoms with Gasteiger partial charge in [-0.1, -0.05) is 30.3 Å². The Morgan fingerprint density at radius 3 is 1.92 bits per heavy atom. The second kappa shape index (κ2) is 11.1. The van der Waals surface area contributed by atoms with E-state index in [4.69, 9.17) is 9.47 Å². The van der Waals surface area contributed by atoms with Crippen molar-refractivity contribution in [2.24, 2.45) is 0 Å². The normalized spacial score (nSPS) is 10.8. The molecule has 0 atom stereocenters. The lowest BCUT2D eigenvalue weighted by Crippen LogP contribution is -2.09. The summed E-state index contributed by atoms with van der Waals surface area (Å²) < 4.78 is 13.3. The fourth-order valence-electron chi connectivity index (χ4n) is 4.27. The number of hydrogen-bond acceptors (Lipinski definition) is 8. The molecule has 0 saturated heterocycles. The lowest BCUT2D eigenvalue weighted by atomic mass is 10.1. The molecule has 0 bridgehead atoms. The first kappa shape index (κ1) is 26.2. The Morgan fingerprint density at radius 1 is 0.667 bits per heavy atom. The van der Waals surface area contributed by atoms with E-state index in [9.17, 15) is 19.2 Å². The number of rotatable bonds is 3. The van der Waals surface area contributed by atoms with Gasteiger partial charge in [-0.25, -0.2) is 9.59 Å². The van der Waals surface area contributed by atoms with Gasteiger partial charge in [-0.05, 0) is 61.5 Å². The Labute approximate surface area is 230 Å². The summed E-state index contributed by atoms with van der Waals surface area (Å²) in [5.74, 6) is -0.878. The van der Waals surface area contributed by atoms with Gasteiger partial charge in [0.2, 0.25) is 0 Å². The minimum Gasteiger partial charge on any atom is -0.465 e. The molecule has 0 aliphatic carbocycles. The van der Waals surface area contributed by atoms with Crippen molar-refractivity contribution >= 4 is 75.0 Å². The van der Waals surface area contributed by atoms with Crippen LogP contribution in [0.3, 0.4) is 0 Å². The average Bonchev–Trinajstić information content (AvgIpc) is 2.97. The maximum atomic E-state index is 12.5. The second-order valence-electron chi connectivity index (χ2n) is 8.46. The van der Waals surface area contributed by atoms with Crippen molar-refractivity contribution in [3.8, 4) is 0 Å². The zero-order valence-corrected chi connectivity index (χ0v) is 22.7. The predicted molar refractivity (Wildman–Crippen MR) is 158 cm³/mol. The van der Waals surface area contributed by atoms with Crippen molar-refractivity contribution in [1.29, 1.82) is 0 Å². The third-order valence-corrected chi connectivity index (χ3v) is 8.38. The predicted octanol–water partition coefficient (Wildman–Crippen LogP) is 6.79. The molecule has 0 saturated carbocycles. The highest BCUT2D eigenvalue weighted by Gasteiger charge is 2.15. The standard InChI is InChI=1S/C16H12O3S.C15H10O3S/c1-2-19-16(18)10-7-8-14-12(9-10)15(17)11-5-3-4-6-13(11)20-14;1-18-15(17)10-6-4-8-12-13(10)14(16)9-5-2-3-7-11(9)19-12/h3-9H,2H2,1H3;2-8H,1H3. The van der Waals surface area contributed by atoms with E-state index in [2.05, 4.69) is 0 Å². The molecule has 6 nitrogen and oxygen atoms in total. The third-order valence-electron chi connectivity index (χ3n) is 6.10. The van der Waals surface area contributed by atoms with Gasteiger partial charge in [-0.15, -0.1) is 22.7 Å². The monoisotopic (exact) mass is 554 g/mol. The molecule has 6 rings (SSSR count). The summed E-state index contributed by atoms with van der Waals surface area (Å²) in [6.45, 7) is 2.08. The Bertz CT molecular complexity index is 2010. The molecule has 6 aromatic rings. The van der Waals surface area contributed by atoms with Crippen LogP contribution in [0.25, 0.3) is 40.3 Å². The second-order valence-corrected chi connectivity index (χ2v) is 10.6. The maximum absolute atomic E-state index is 12.5. The number of ether oxygens (including phenoxy) is 2. The van der Waals surface area contributed by atoms with Crippen molar-refractivity contribution in [3.63, 3.8) is 0 Å². The Kier molecular flexibility index (Phi) is 7.49. The number of carbonyl (C=O) groups excluding carboxylic acids is 2. The first-order valence-electron chi connectivity index (χ1n) is 12.1. The van der Waals surface area contributed by atoms with Crippen molar-refractivity contribution in [3.05, 3.63) is 117 Å². The lowest BCUT2D eigenvalue weighted by molar-refractivity contribution is 0.0525. The fourth-order valence-corrected chi connectivity index (χ4v) is 6.43. The number of esters is 2. The average molecular weight is 555 g/mol. The van der Waals surface area contributed by atoms with E-state index >= 15 is 0 Å². The Balaban J connectivity index is 0.000000158. The molecule has 0 spiro atoms. The molecule has 194 valence electrons. The van der Waals surface area contributed by atoms with E-state index in [0.29, 0.717) is 39.3 Å². The number of hydrogen-bond donors (Lipinski definition) is 0. The molecule has 0 aliphatic heterocycles. The minimum atomic E-state index is -0.481. The van der Waals surface area contributed by atoms with E-state index in [-0.39, 0.29) is 10.9 Å². The summed E-state index contributed by atoms with van der Waals surface area (Å²) >= 11 is 3.05. The van der Waals surface area contributed by atoms with Crippen LogP contribution in [0.2, 0.25) is 0 Å². The topological polar surface area (TPSA) is 86.7 Å². The van der Waals surface area contributed by atoms with Gasteiger partial charge in [0.15, 0.2) is 10.9 Å². The zero-order chi connectivity index (χ0) is 27.5. The molecule has 2 aromatic heterocycles. The highest BCUT2D eigenvalue weighted by atomic mass is 32.1. The lowest BCUT2D eigenvalue weighted by Gasteiger charge is -2.05. The van der Waals surface area contributed by atoms with Crippen LogP contribution in [0.5, 0.6) is 0 Å².